The lowest BCUT2D eigenvalue weighted by atomic mass is 9.93. The molecule has 1 N–H and O–H groups in total. The van der Waals surface area contributed by atoms with Crippen molar-refractivity contribution in [3.8, 4) is 0 Å². The predicted octanol–water partition coefficient (Wildman–Crippen LogP) is 3.81. The van der Waals surface area contributed by atoms with Crippen LogP contribution < -0.4 is 5.56 Å². The van der Waals surface area contributed by atoms with Crippen LogP contribution in [0.15, 0.2) is 46.3 Å². The van der Waals surface area contributed by atoms with Gasteiger partial charge in [0, 0.05) is 17.2 Å². The van der Waals surface area contributed by atoms with Crippen LogP contribution in [0, 0.1) is 0 Å². The van der Waals surface area contributed by atoms with Gasteiger partial charge in [0.1, 0.15) is 0 Å². The third-order valence-corrected chi connectivity index (χ3v) is 3.94. The maximum atomic E-state index is 11.8. The fourth-order valence-corrected chi connectivity index (χ4v) is 2.98. The highest BCUT2D eigenvalue weighted by Gasteiger charge is 2.15. The standard InChI is InChI=1S/C16H20N2OS/c1-4-13(12-8-6-5-7-9-12)14-10-15(19)18-16(17-14)20-11(2)3/h5-11,13H,4H2,1-3H3,(H,17,18,19)/t13-/m0/s1. The fourth-order valence-electron chi connectivity index (χ4n) is 2.21. The summed E-state index contributed by atoms with van der Waals surface area (Å²) in [6, 6.07) is 11.8. The lowest BCUT2D eigenvalue weighted by Crippen LogP contribution is -2.14. The number of thioether (sulfide) groups is 1. The summed E-state index contributed by atoms with van der Waals surface area (Å²) in [5.41, 5.74) is 1.98. The number of nitrogens with zero attached hydrogens (tertiary/aromatic N) is 1. The van der Waals surface area contributed by atoms with E-state index in [-0.39, 0.29) is 11.5 Å². The maximum absolute atomic E-state index is 11.8. The minimum Gasteiger partial charge on any atom is -0.301 e. The molecule has 0 fully saturated rings. The van der Waals surface area contributed by atoms with Gasteiger partial charge in [-0.05, 0) is 12.0 Å². The Kier molecular flexibility index (Phi) is 5.01. The van der Waals surface area contributed by atoms with Crippen molar-refractivity contribution in [1.29, 1.82) is 0 Å². The van der Waals surface area contributed by atoms with E-state index >= 15 is 0 Å². The van der Waals surface area contributed by atoms with E-state index < -0.39 is 0 Å². The molecule has 106 valence electrons. The first-order valence-corrected chi connectivity index (χ1v) is 7.81. The Bertz CT molecular complexity index is 607. The van der Waals surface area contributed by atoms with Gasteiger partial charge in [-0.3, -0.25) is 4.79 Å². The SMILES string of the molecule is CC[C@@H](c1ccccc1)c1cc(=O)[nH]c(SC(C)C)n1. The van der Waals surface area contributed by atoms with Gasteiger partial charge in [-0.25, -0.2) is 4.98 Å². The van der Waals surface area contributed by atoms with Crippen molar-refractivity contribution in [2.45, 2.75) is 43.5 Å². The number of aromatic nitrogens is 2. The predicted molar refractivity (Wildman–Crippen MR) is 84.4 cm³/mol. The molecule has 20 heavy (non-hydrogen) atoms. The van der Waals surface area contributed by atoms with Crippen LogP contribution in [0.3, 0.4) is 0 Å². The second-order valence-corrected chi connectivity index (χ2v) is 6.58. The summed E-state index contributed by atoms with van der Waals surface area (Å²) in [4.78, 5) is 19.3. The highest BCUT2D eigenvalue weighted by Crippen LogP contribution is 2.27. The number of hydrogen-bond acceptors (Lipinski definition) is 3. The van der Waals surface area contributed by atoms with Crippen LogP contribution in [0.5, 0.6) is 0 Å². The molecular formula is C16H20N2OS. The molecule has 1 atom stereocenters. The molecule has 0 aliphatic carbocycles. The molecule has 0 unspecified atom stereocenters. The van der Waals surface area contributed by atoms with Gasteiger partial charge in [-0.15, -0.1) is 0 Å². The molecule has 0 bridgehead atoms. The average molecular weight is 288 g/mol. The first-order chi connectivity index (χ1) is 9.60. The van der Waals surface area contributed by atoms with Gasteiger partial charge in [0.15, 0.2) is 5.16 Å². The second kappa shape index (κ2) is 6.75. The lowest BCUT2D eigenvalue weighted by molar-refractivity contribution is 0.719. The Labute approximate surface area is 123 Å². The number of nitrogens with one attached hydrogen (secondary N) is 1. The van der Waals surface area contributed by atoms with Crippen molar-refractivity contribution in [2.24, 2.45) is 0 Å². The summed E-state index contributed by atoms with van der Waals surface area (Å²) in [6.45, 7) is 6.30. The fraction of sp³-hybridized carbons (Fsp3) is 0.375. The molecule has 0 amide bonds. The highest BCUT2D eigenvalue weighted by atomic mass is 32.2. The number of benzene rings is 1. The molecule has 2 aromatic rings. The number of H-pyrrole nitrogens is 1. The van der Waals surface area contributed by atoms with Crippen LogP contribution in [0.1, 0.15) is 44.4 Å². The Morgan fingerprint density at radius 1 is 1.25 bits per heavy atom. The Morgan fingerprint density at radius 3 is 2.55 bits per heavy atom. The lowest BCUT2D eigenvalue weighted by Gasteiger charge is -2.15. The number of hydrogen-bond donors (Lipinski definition) is 1. The van der Waals surface area contributed by atoms with Crippen molar-refractivity contribution < 1.29 is 0 Å². The summed E-state index contributed by atoms with van der Waals surface area (Å²) in [5.74, 6) is 0.171. The third kappa shape index (κ3) is 3.73. The van der Waals surface area contributed by atoms with E-state index in [2.05, 4.69) is 42.9 Å². The van der Waals surface area contributed by atoms with Gasteiger partial charge in [0.25, 0.3) is 5.56 Å². The molecule has 1 aromatic heterocycles. The Hall–Kier alpha value is -1.55. The van der Waals surface area contributed by atoms with E-state index in [1.165, 1.54) is 5.56 Å². The molecule has 1 aromatic carbocycles. The third-order valence-electron chi connectivity index (χ3n) is 3.05. The topological polar surface area (TPSA) is 45.8 Å². The van der Waals surface area contributed by atoms with Crippen molar-refractivity contribution in [1.82, 2.24) is 9.97 Å². The minimum atomic E-state index is -0.0764. The van der Waals surface area contributed by atoms with Gasteiger partial charge in [-0.1, -0.05) is 62.9 Å². The zero-order chi connectivity index (χ0) is 14.5. The first-order valence-electron chi connectivity index (χ1n) is 6.93. The quantitative estimate of drug-likeness (QED) is 0.672. The van der Waals surface area contributed by atoms with Crippen LogP contribution in [0.4, 0.5) is 0 Å². The summed E-state index contributed by atoms with van der Waals surface area (Å²) < 4.78 is 0. The van der Waals surface area contributed by atoms with E-state index in [1.54, 1.807) is 17.8 Å². The number of rotatable bonds is 5. The van der Waals surface area contributed by atoms with Crippen LogP contribution in [-0.2, 0) is 0 Å². The number of aromatic amines is 1. The van der Waals surface area contributed by atoms with E-state index in [9.17, 15) is 4.79 Å². The zero-order valence-corrected chi connectivity index (χ0v) is 12.9. The van der Waals surface area contributed by atoms with Crippen LogP contribution in [0.25, 0.3) is 0 Å². The normalized spacial score (nSPS) is 12.6. The minimum absolute atomic E-state index is 0.0764. The zero-order valence-electron chi connectivity index (χ0n) is 12.1. The van der Waals surface area contributed by atoms with E-state index in [4.69, 9.17) is 0 Å². The van der Waals surface area contributed by atoms with E-state index in [0.717, 1.165) is 12.1 Å². The molecular weight excluding hydrogens is 268 g/mol. The summed E-state index contributed by atoms with van der Waals surface area (Å²) >= 11 is 1.58. The summed E-state index contributed by atoms with van der Waals surface area (Å²) in [6.07, 6.45) is 0.923. The molecule has 0 spiro atoms. The Morgan fingerprint density at radius 2 is 1.95 bits per heavy atom. The van der Waals surface area contributed by atoms with Crippen molar-refractivity contribution in [3.63, 3.8) is 0 Å². The molecule has 0 radical (unpaired) electrons. The van der Waals surface area contributed by atoms with E-state index in [1.807, 2.05) is 18.2 Å². The van der Waals surface area contributed by atoms with Gasteiger partial charge in [0.05, 0.1) is 5.69 Å². The molecule has 4 heteroatoms. The molecule has 0 aliphatic heterocycles. The second-order valence-electron chi connectivity index (χ2n) is 5.01. The van der Waals surface area contributed by atoms with Crippen molar-refractivity contribution in [2.75, 3.05) is 0 Å². The van der Waals surface area contributed by atoms with Crippen LogP contribution >= 0.6 is 11.8 Å². The molecule has 1 heterocycles. The monoisotopic (exact) mass is 288 g/mol. The molecule has 2 rings (SSSR count). The summed E-state index contributed by atoms with van der Waals surface area (Å²) in [5, 5.41) is 1.10. The van der Waals surface area contributed by atoms with Gasteiger partial charge < -0.3 is 4.98 Å². The van der Waals surface area contributed by atoms with Crippen LogP contribution in [-0.4, -0.2) is 15.2 Å². The first kappa shape index (κ1) is 14.9. The molecule has 0 saturated heterocycles. The molecule has 0 aliphatic rings. The molecule has 3 nitrogen and oxygen atoms in total. The average Bonchev–Trinajstić information content (AvgIpc) is 2.39. The largest absolute Gasteiger partial charge is 0.301 e. The highest BCUT2D eigenvalue weighted by molar-refractivity contribution is 7.99. The smallest absolute Gasteiger partial charge is 0.251 e. The van der Waals surface area contributed by atoms with E-state index in [0.29, 0.717) is 10.4 Å². The van der Waals surface area contributed by atoms with Crippen LogP contribution in [0.2, 0.25) is 0 Å². The summed E-state index contributed by atoms with van der Waals surface area (Å²) in [7, 11) is 0. The van der Waals surface area contributed by atoms with Crippen molar-refractivity contribution >= 4 is 11.8 Å². The Balaban J connectivity index is 2.39. The van der Waals surface area contributed by atoms with Gasteiger partial charge >= 0.3 is 0 Å². The molecule has 0 saturated carbocycles. The van der Waals surface area contributed by atoms with Gasteiger partial charge in [0.2, 0.25) is 0 Å². The van der Waals surface area contributed by atoms with Gasteiger partial charge in [-0.2, -0.15) is 0 Å². The van der Waals surface area contributed by atoms with Crippen molar-refractivity contribution in [3.05, 3.63) is 58.0 Å². The maximum Gasteiger partial charge on any atom is 0.251 e.